The van der Waals surface area contributed by atoms with Gasteiger partial charge in [-0.05, 0) is 29.8 Å². The van der Waals surface area contributed by atoms with Gasteiger partial charge in [-0.1, -0.05) is 31.2 Å². The molecule has 0 amide bonds. The highest BCUT2D eigenvalue weighted by Crippen LogP contribution is 2.20. The first-order valence-electron chi connectivity index (χ1n) is 5.95. The monoisotopic (exact) mass is 255 g/mol. The van der Waals surface area contributed by atoms with E-state index in [4.69, 9.17) is 0 Å². The van der Waals surface area contributed by atoms with Gasteiger partial charge in [-0.3, -0.25) is 0 Å². The van der Waals surface area contributed by atoms with Crippen LogP contribution in [0, 0.1) is 0 Å². The van der Waals surface area contributed by atoms with E-state index in [0.717, 1.165) is 24.2 Å². The quantitative estimate of drug-likeness (QED) is 0.559. The molecule has 0 aromatic heterocycles. The SMILES string of the molecule is CCNCc1cccc(C(O)C(O)CCS)c1. The fourth-order valence-electron chi connectivity index (χ4n) is 1.67. The second kappa shape index (κ2) is 7.71. The molecule has 0 aliphatic heterocycles. The van der Waals surface area contributed by atoms with Crippen molar-refractivity contribution in [1.29, 1.82) is 0 Å². The second-order valence-corrected chi connectivity index (χ2v) is 4.50. The molecule has 0 spiro atoms. The third-order valence-electron chi connectivity index (χ3n) is 2.66. The molecule has 3 N–H and O–H groups in total. The van der Waals surface area contributed by atoms with Gasteiger partial charge in [0.25, 0.3) is 0 Å². The van der Waals surface area contributed by atoms with Crippen molar-refractivity contribution < 1.29 is 10.2 Å². The largest absolute Gasteiger partial charge is 0.390 e. The van der Waals surface area contributed by atoms with Gasteiger partial charge in [0.1, 0.15) is 6.10 Å². The number of hydrogen-bond acceptors (Lipinski definition) is 4. The van der Waals surface area contributed by atoms with Crippen molar-refractivity contribution in [3.63, 3.8) is 0 Å². The summed E-state index contributed by atoms with van der Waals surface area (Å²) < 4.78 is 0. The first-order valence-corrected chi connectivity index (χ1v) is 6.58. The van der Waals surface area contributed by atoms with Crippen LogP contribution in [0.3, 0.4) is 0 Å². The minimum absolute atomic E-state index is 0.488. The first-order chi connectivity index (χ1) is 8.19. The summed E-state index contributed by atoms with van der Waals surface area (Å²) in [6.45, 7) is 3.74. The molecule has 0 saturated carbocycles. The molecular weight excluding hydrogens is 234 g/mol. The van der Waals surface area contributed by atoms with Crippen molar-refractivity contribution in [2.75, 3.05) is 12.3 Å². The molecule has 4 heteroatoms. The molecule has 0 saturated heterocycles. The van der Waals surface area contributed by atoms with E-state index >= 15 is 0 Å². The highest BCUT2D eigenvalue weighted by atomic mass is 32.1. The van der Waals surface area contributed by atoms with Crippen LogP contribution in [-0.4, -0.2) is 28.6 Å². The van der Waals surface area contributed by atoms with Gasteiger partial charge in [0.05, 0.1) is 6.10 Å². The lowest BCUT2D eigenvalue weighted by atomic mass is 10.0. The summed E-state index contributed by atoms with van der Waals surface area (Å²) in [7, 11) is 0. The van der Waals surface area contributed by atoms with Gasteiger partial charge in [-0.2, -0.15) is 12.6 Å². The molecule has 2 atom stereocenters. The van der Waals surface area contributed by atoms with Crippen molar-refractivity contribution >= 4 is 12.6 Å². The van der Waals surface area contributed by atoms with E-state index < -0.39 is 12.2 Å². The van der Waals surface area contributed by atoms with Crippen LogP contribution in [0.1, 0.15) is 30.6 Å². The van der Waals surface area contributed by atoms with Crippen LogP contribution in [0.4, 0.5) is 0 Å². The van der Waals surface area contributed by atoms with Gasteiger partial charge in [-0.25, -0.2) is 0 Å². The summed E-state index contributed by atoms with van der Waals surface area (Å²) in [6, 6.07) is 7.67. The maximum atomic E-state index is 9.97. The van der Waals surface area contributed by atoms with Crippen LogP contribution in [0.25, 0.3) is 0 Å². The highest BCUT2D eigenvalue weighted by Gasteiger charge is 2.17. The number of aliphatic hydroxyl groups excluding tert-OH is 2. The molecule has 1 aromatic carbocycles. The Hall–Kier alpha value is -0.550. The van der Waals surface area contributed by atoms with Crippen LogP contribution in [0.2, 0.25) is 0 Å². The van der Waals surface area contributed by atoms with Gasteiger partial charge < -0.3 is 15.5 Å². The average molecular weight is 255 g/mol. The lowest BCUT2D eigenvalue weighted by Gasteiger charge is -2.18. The van der Waals surface area contributed by atoms with Crippen LogP contribution in [-0.2, 0) is 6.54 Å². The van der Waals surface area contributed by atoms with Crippen molar-refractivity contribution in [2.45, 2.75) is 32.1 Å². The van der Waals surface area contributed by atoms with Gasteiger partial charge in [-0.15, -0.1) is 0 Å². The van der Waals surface area contributed by atoms with E-state index in [1.165, 1.54) is 0 Å². The van der Waals surface area contributed by atoms with Crippen molar-refractivity contribution in [3.05, 3.63) is 35.4 Å². The van der Waals surface area contributed by atoms with E-state index in [0.29, 0.717) is 12.2 Å². The Kier molecular flexibility index (Phi) is 6.58. The predicted octanol–water partition coefficient (Wildman–Crippen LogP) is 1.51. The number of benzene rings is 1. The molecule has 0 fully saturated rings. The second-order valence-electron chi connectivity index (χ2n) is 4.05. The molecule has 1 rings (SSSR count). The van der Waals surface area contributed by atoms with E-state index in [1.807, 2.05) is 24.3 Å². The average Bonchev–Trinajstić information content (AvgIpc) is 2.36. The van der Waals surface area contributed by atoms with Crippen LogP contribution >= 0.6 is 12.6 Å². The van der Waals surface area contributed by atoms with Crippen LogP contribution in [0.15, 0.2) is 24.3 Å². The maximum Gasteiger partial charge on any atom is 0.105 e. The minimum atomic E-state index is -0.830. The minimum Gasteiger partial charge on any atom is -0.390 e. The molecule has 0 aliphatic carbocycles. The standard InChI is InChI=1S/C13H21NO2S/c1-2-14-9-10-4-3-5-11(8-10)13(16)12(15)6-7-17/h3-5,8,12-17H,2,6-7,9H2,1H3. The number of nitrogens with one attached hydrogen (secondary N) is 1. The van der Waals surface area contributed by atoms with E-state index in [-0.39, 0.29) is 0 Å². The predicted molar refractivity (Wildman–Crippen MR) is 73.3 cm³/mol. The molecule has 17 heavy (non-hydrogen) atoms. The lowest BCUT2D eigenvalue weighted by molar-refractivity contribution is 0.0172. The summed E-state index contributed by atoms with van der Waals surface area (Å²) in [6.07, 6.45) is -1.09. The molecule has 1 aromatic rings. The number of rotatable bonds is 7. The Labute approximate surface area is 108 Å². The smallest absolute Gasteiger partial charge is 0.105 e. The van der Waals surface area contributed by atoms with Gasteiger partial charge >= 0.3 is 0 Å². The van der Waals surface area contributed by atoms with E-state index in [9.17, 15) is 10.2 Å². The molecule has 0 bridgehead atoms. The molecule has 96 valence electrons. The summed E-state index contributed by atoms with van der Waals surface area (Å²) >= 11 is 4.05. The molecule has 0 aliphatic rings. The van der Waals surface area contributed by atoms with Crippen molar-refractivity contribution in [2.24, 2.45) is 0 Å². The van der Waals surface area contributed by atoms with Gasteiger partial charge in [0.2, 0.25) is 0 Å². The molecule has 0 radical (unpaired) electrons. The molecular formula is C13H21NO2S. The first kappa shape index (κ1) is 14.5. The summed E-state index contributed by atoms with van der Waals surface area (Å²) in [5, 5.41) is 22.9. The van der Waals surface area contributed by atoms with Gasteiger partial charge in [0, 0.05) is 6.54 Å². The molecule has 3 nitrogen and oxygen atoms in total. The molecule has 2 unspecified atom stereocenters. The summed E-state index contributed by atoms with van der Waals surface area (Å²) in [5.74, 6) is 0.565. The number of hydrogen-bond donors (Lipinski definition) is 4. The Morgan fingerprint density at radius 2 is 2.12 bits per heavy atom. The highest BCUT2D eigenvalue weighted by molar-refractivity contribution is 7.80. The zero-order valence-electron chi connectivity index (χ0n) is 10.1. The topological polar surface area (TPSA) is 52.5 Å². The number of aliphatic hydroxyl groups is 2. The Balaban J connectivity index is 2.69. The van der Waals surface area contributed by atoms with Crippen molar-refractivity contribution in [3.8, 4) is 0 Å². The van der Waals surface area contributed by atoms with Gasteiger partial charge in [0.15, 0.2) is 0 Å². The van der Waals surface area contributed by atoms with E-state index in [2.05, 4.69) is 24.9 Å². The lowest BCUT2D eigenvalue weighted by Crippen LogP contribution is -2.19. The Bertz CT molecular complexity index is 333. The van der Waals surface area contributed by atoms with Crippen LogP contribution < -0.4 is 5.32 Å². The van der Waals surface area contributed by atoms with E-state index in [1.54, 1.807) is 0 Å². The summed E-state index contributed by atoms with van der Waals surface area (Å²) in [5.41, 5.74) is 1.87. The molecule has 0 heterocycles. The summed E-state index contributed by atoms with van der Waals surface area (Å²) in [4.78, 5) is 0. The fourth-order valence-corrected chi connectivity index (χ4v) is 1.93. The Morgan fingerprint density at radius 1 is 1.35 bits per heavy atom. The van der Waals surface area contributed by atoms with Crippen LogP contribution in [0.5, 0.6) is 0 Å². The fraction of sp³-hybridized carbons (Fsp3) is 0.538. The Morgan fingerprint density at radius 3 is 2.76 bits per heavy atom. The zero-order valence-corrected chi connectivity index (χ0v) is 11.0. The maximum absolute atomic E-state index is 9.97. The normalized spacial score (nSPS) is 14.6. The third kappa shape index (κ3) is 4.68. The van der Waals surface area contributed by atoms with Crippen molar-refractivity contribution in [1.82, 2.24) is 5.32 Å². The third-order valence-corrected chi connectivity index (χ3v) is 2.92. The zero-order chi connectivity index (χ0) is 12.7. The number of thiol groups is 1.